The number of nitrogens with one attached hydrogen (secondary N) is 1. The van der Waals surface area contributed by atoms with E-state index in [9.17, 15) is 29.1 Å². The molecule has 1 aromatic rings. The summed E-state index contributed by atoms with van der Waals surface area (Å²) in [6.45, 7) is 17.2. The highest BCUT2D eigenvalue weighted by Crippen LogP contribution is 2.48. The Kier molecular flexibility index (Phi) is 11.0. The summed E-state index contributed by atoms with van der Waals surface area (Å²) >= 11 is 0. The first-order chi connectivity index (χ1) is 24.7. The van der Waals surface area contributed by atoms with Crippen LogP contribution in [0.1, 0.15) is 99.0 Å². The van der Waals surface area contributed by atoms with Crippen molar-refractivity contribution in [3.63, 3.8) is 0 Å². The number of phenols is 1. The van der Waals surface area contributed by atoms with Gasteiger partial charge in [-0.1, -0.05) is 45.9 Å². The highest BCUT2D eigenvalue weighted by atomic mass is 16.7. The Morgan fingerprint density at radius 1 is 0.906 bits per heavy atom. The molecule has 1 amide bonds. The Morgan fingerprint density at radius 2 is 1.57 bits per heavy atom. The average molecular weight is 736 g/mol. The third-order valence-electron chi connectivity index (χ3n) is 10.6. The van der Waals surface area contributed by atoms with Gasteiger partial charge >= 0.3 is 11.8 Å². The van der Waals surface area contributed by atoms with Crippen molar-refractivity contribution in [3.8, 4) is 11.5 Å². The number of allylic oxidation sites excluding steroid dienone is 4. The molecule has 1 aromatic carbocycles. The zero-order valence-corrected chi connectivity index (χ0v) is 32.0. The number of esters is 1. The van der Waals surface area contributed by atoms with E-state index in [4.69, 9.17) is 28.4 Å². The van der Waals surface area contributed by atoms with Crippen molar-refractivity contribution in [2.45, 2.75) is 105 Å². The van der Waals surface area contributed by atoms with Crippen molar-refractivity contribution in [3.05, 3.63) is 70.2 Å². The molecule has 4 heterocycles. The van der Waals surface area contributed by atoms with E-state index < -0.39 is 76.3 Å². The van der Waals surface area contributed by atoms with Crippen LogP contribution >= 0.6 is 0 Å². The number of methoxy groups -OCH3 is 1. The Bertz CT molecular complexity index is 1850. The number of ketones is 3. The molecule has 1 aliphatic carbocycles. The number of rotatable bonds is 2. The van der Waals surface area contributed by atoms with Crippen LogP contribution in [0.15, 0.2) is 47.9 Å². The van der Waals surface area contributed by atoms with E-state index in [1.807, 2.05) is 47.6 Å². The molecule has 0 spiro atoms. The highest BCUT2D eigenvalue weighted by Gasteiger charge is 2.52. The first-order valence-electron chi connectivity index (χ1n) is 17.7. The predicted octanol–water partition coefficient (Wildman–Crippen LogP) is 5.43. The van der Waals surface area contributed by atoms with Crippen LogP contribution in [0.5, 0.6) is 11.5 Å². The average Bonchev–Trinajstić information content (AvgIpc) is 3.35. The fourth-order valence-corrected chi connectivity index (χ4v) is 7.71. The fourth-order valence-electron chi connectivity index (χ4n) is 7.71. The zero-order chi connectivity index (χ0) is 39.3. The first-order valence-corrected chi connectivity index (χ1v) is 17.7. The van der Waals surface area contributed by atoms with Crippen molar-refractivity contribution in [2.24, 2.45) is 23.7 Å². The lowest BCUT2D eigenvalue weighted by Crippen LogP contribution is -2.56. The fraction of sp³-hybridized carbons (Fsp3) is 0.525. The van der Waals surface area contributed by atoms with Gasteiger partial charge < -0.3 is 38.8 Å². The lowest BCUT2D eigenvalue weighted by molar-refractivity contribution is -0.336. The maximum absolute atomic E-state index is 14.0. The van der Waals surface area contributed by atoms with Crippen LogP contribution in [0.25, 0.3) is 0 Å². The molecule has 5 aliphatic rings. The summed E-state index contributed by atoms with van der Waals surface area (Å²) in [6.07, 6.45) is 6.77. The predicted molar refractivity (Wildman–Crippen MR) is 191 cm³/mol. The summed E-state index contributed by atoms with van der Waals surface area (Å²) in [6, 6.07) is 0. The number of carbonyl (C=O) groups is 5. The quantitative estimate of drug-likeness (QED) is 0.370. The second-order valence-electron chi connectivity index (χ2n) is 15.0. The smallest absolute Gasteiger partial charge is 0.312 e. The zero-order valence-electron chi connectivity index (χ0n) is 32.0. The topological polar surface area (TPSA) is 173 Å². The number of hydrogen-bond donors (Lipinski definition) is 2. The molecule has 0 radical (unpaired) electrons. The highest BCUT2D eigenvalue weighted by molar-refractivity contribution is 6.30. The van der Waals surface area contributed by atoms with Gasteiger partial charge in [0.2, 0.25) is 5.78 Å². The minimum Gasteiger partial charge on any atom is -0.507 e. The summed E-state index contributed by atoms with van der Waals surface area (Å²) in [4.78, 5) is 67.0. The lowest BCUT2D eigenvalue weighted by atomic mass is 9.77. The summed E-state index contributed by atoms with van der Waals surface area (Å²) in [7, 11) is 1.49. The normalized spacial score (nSPS) is 33.0. The van der Waals surface area contributed by atoms with E-state index in [-0.39, 0.29) is 57.6 Å². The van der Waals surface area contributed by atoms with Crippen LogP contribution in [0.3, 0.4) is 0 Å². The lowest BCUT2D eigenvalue weighted by Gasteiger charge is -2.50. The van der Waals surface area contributed by atoms with Crippen molar-refractivity contribution in [1.82, 2.24) is 5.32 Å². The monoisotopic (exact) mass is 735 g/mol. The van der Waals surface area contributed by atoms with Crippen LogP contribution in [-0.4, -0.2) is 77.4 Å². The Balaban J connectivity index is 1.62. The molecule has 13 nitrogen and oxygen atoms in total. The van der Waals surface area contributed by atoms with Crippen molar-refractivity contribution in [2.75, 3.05) is 7.11 Å². The van der Waals surface area contributed by atoms with Gasteiger partial charge in [-0.2, -0.15) is 0 Å². The summed E-state index contributed by atoms with van der Waals surface area (Å²) < 4.78 is 36.6. The maximum Gasteiger partial charge on any atom is 0.312 e. The number of aromatic hydroxyl groups is 1. The molecule has 53 heavy (non-hydrogen) atoms. The first kappa shape index (κ1) is 39.6. The molecule has 0 saturated carbocycles. The van der Waals surface area contributed by atoms with Crippen molar-refractivity contribution in [1.29, 1.82) is 0 Å². The molecule has 286 valence electrons. The Labute approximate surface area is 309 Å². The van der Waals surface area contributed by atoms with Crippen molar-refractivity contribution >= 4 is 29.2 Å². The van der Waals surface area contributed by atoms with Gasteiger partial charge in [-0.05, 0) is 33.8 Å². The molecule has 1 saturated heterocycles. The van der Waals surface area contributed by atoms with Gasteiger partial charge in [0.25, 0.3) is 11.7 Å². The largest absolute Gasteiger partial charge is 0.507 e. The molecular formula is C40H49NO12. The minimum atomic E-state index is -2.00. The molecule has 2 N–H and O–H groups in total. The molecule has 13 heteroatoms. The third-order valence-corrected chi connectivity index (χ3v) is 10.6. The van der Waals surface area contributed by atoms with Crippen LogP contribution in [0, 0.1) is 30.6 Å². The van der Waals surface area contributed by atoms with E-state index in [1.165, 1.54) is 34.1 Å². The molecule has 0 unspecified atom stereocenters. The second-order valence-corrected chi connectivity index (χ2v) is 15.0. The van der Waals surface area contributed by atoms with Gasteiger partial charge in [-0.15, -0.1) is 0 Å². The van der Waals surface area contributed by atoms with E-state index in [2.05, 4.69) is 5.32 Å². The van der Waals surface area contributed by atoms with Crippen LogP contribution < -0.4 is 10.1 Å². The number of ether oxygens (including phenoxy) is 6. The van der Waals surface area contributed by atoms with Crippen molar-refractivity contribution < 1.29 is 57.5 Å². The Hall–Kier alpha value is -4.59. The number of phenolic OH excluding ortho intramolecular Hbond substituents is 1. The Morgan fingerprint density at radius 3 is 2.21 bits per heavy atom. The molecule has 9 atom stereocenters. The van der Waals surface area contributed by atoms with Crippen LogP contribution in [-0.2, 0) is 33.3 Å². The molecular weight excluding hydrogens is 686 g/mol. The third kappa shape index (κ3) is 7.34. The van der Waals surface area contributed by atoms with E-state index >= 15 is 0 Å². The minimum absolute atomic E-state index is 0.0356. The van der Waals surface area contributed by atoms with E-state index in [0.29, 0.717) is 0 Å². The summed E-state index contributed by atoms with van der Waals surface area (Å²) in [5.74, 6) is -8.33. The molecule has 6 rings (SSSR count). The molecule has 4 aliphatic heterocycles. The number of hydrogen-bond acceptors (Lipinski definition) is 12. The summed E-state index contributed by atoms with van der Waals surface area (Å²) in [5, 5.41) is 13.7. The number of fused-ring (bicyclic) bond motifs is 10. The van der Waals surface area contributed by atoms with Gasteiger partial charge in [-0.25, -0.2) is 0 Å². The number of Topliss-reactive ketones (excluding diaryl/α,β-unsaturated/α-hetero) is 2. The standard InChI is InChI=1S/C40H49NO12/c1-18-13-12-14-19(2)38(47)41-25-17-26(43)28-29(32(25)45)31(44)21(4)36-30(28)37(46)40(10,53-36)49-16-15-27(48-11)20(3)34(50-24(7)42)23(6)35-22(5)33(18)51-39(8,9)52-35/h12-18,20,22-23,27,33-35,44H,1-11H3,(H,41,47)/t18-,20+,22+,23+,27-,33+,34+,35+,40-/m0/s1. The van der Waals surface area contributed by atoms with Crippen LogP contribution in [0.4, 0.5) is 0 Å². The summed E-state index contributed by atoms with van der Waals surface area (Å²) in [5.41, 5.74) is -1.07. The SMILES string of the molecule is CO[C@H]1C=CO[C@@]2(C)Oc3c(C)c(O)c4c(c3C2=O)C(=O)C=C(NC(=O)C(C)=CC=C[C@H](C)[C@H]2OC(C)(C)O[C@@H]([C@H](C)[C@H](OC(C)=O)[C@@H]1C)[C@@H]2C)C4=O. The number of amides is 1. The van der Waals surface area contributed by atoms with Gasteiger partial charge in [0.1, 0.15) is 17.6 Å². The van der Waals surface area contributed by atoms with E-state index in [0.717, 1.165) is 6.08 Å². The van der Waals surface area contributed by atoms with Gasteiger partial charge in [0, 0.05) is 61.8 Å². The second kappa shape index (κ2) is 14.7. The van der Waals surface area contributed by atoms with Gasteiger partial charge in [-0.3, -0.25) is 24.0 Å². The van der Waals surface area contributed by atoms with Gasteiger partial charge in [0.05, 0.1) is 47.0 Å². The van der Waals surface area contributed by atoms with Crippen LogP contribution in [0.2, 0.25) is 0 Å². The number of benzene rings is 1. The number of carbonyl (C=O) groups excluding carboxylic acids is 5. The molecule has 7 bridgehead atoms. The maximum atomic E-state index is 14.0. The van der Waals surface area contributed by atoms with E-state index in [1.54, 1.807) is 25.2 Å². The molecule has 1 fully saturated rings. The molecule has 0 aromatic heterocycles. The van der Waals surface area contributed by atoms with Gasteiger partial charge in [0.15, 0.2) is 11.6 Å².